The fourth-order valence-electron chi connectivity index (χ4n) is 8.23. The van der Waals surface area contributed by atoms with Crippen molar-refractivity contribution >= 4 is 50.9 Å². The Kier molecular flexibility index (Phi) is 9.80. The van der Waals surface area contributed by atoms with Crippen LogP contribution in [0.5, 0.6) is 23.0 Å². The lowest BCUT2D eigenvalue weighted by Gasteiger charge is -2.20. The molecule has 2 saturated carbocycles. The summed E-state index contributed by atoms with van der Waals surface area (Å²) >= 11 is 0. The monoisotopic (exact) mass is 810 g/mol. The number of aromatic nitrogens is 2. The number of ether oxygens (including phenoxy) is 4. The summed E-state index contributed by atoms with van der Waals surface area (Å²) in [6.07, 6.45) is 3.29. The summed E-state index contributed by atoms with van der Waals surface area (Å²) in [5, 5.41) is 8.26. The maximum Gasteiger partial charge on any atom is 0.235 e. The van der Waals surface area contributed by atoms with Crippen LogP contribution in [0.1, 0.15) is 109 Å². The summed E-state index contributed by atoms with van der Waals surface area (Å²) in [7, 11) is 0. The van der Waals surface area contributed by atoms with Gasteiger partial charge in [-0.1, -0.05) is 61.1 Å². The minimum Gasteiger partial charge on any atom is -0.454 e. The quantitative estimate of drug-likeness (QED) is 0.153. The van der Waals surface area contributed by atoms with E-state index in [0.29, 0.717) is 5.75 Å². The first-order valence-electron chi connectivity index (χ1n) is 20.3. The number of carbonyl (C=O) groups is 3. The SMILES string of the molecule is C.CC(=O)n1c(C(C)(C)C)cc2cc(NC(=O)C3(c4ccc5c(c4)OCO5)CC3)ccc21.CC(C)(C)c1cc2cc(NC(=O)C3(c4ccc5c(c4)OCO5)CC3)ccc2[nH]1. The van der Waals surface area contributed by atoms with Gasteiger partial charge in [0, 0.05) is 56.8 Å². The van der Waals surface area contributed by atoms with Gasteiger partial charge in [-0.25, -0.2) is 0 Å². The highest BCUT2D eigenvalue weighted by Gasteiger charge is 2.52. The van der Waals surface area contributed by atoms with Crippen LogP contribution < -0.4 is 29.6 Å². The lowest BCUT2D eigenvalue weighted by Crippen LogP contribution is -2.27. The Balaban J connectivity index is 0.000000164. The average molecular weight is 811 g/mol. The Labute approximate surface area is 350 Å². The number of anilines is 2. The zero-order valence-electron chi connectivity index (χ0n) is 34.6. The molecule has 2 aliphatic heterocycles. The zero-order valence-corrected chi connectivity index (χ0v) is 34.6. The number of H-pyrrole nitrogens is 1. The predicted molar refractivity (Wildman–Crippen MR) is 235 cm³/mol. The van der Waals surface area contributed by atoms with Crippen LogP contribution in [0.4, 0.5) is 11.4 Å². The molecule has 10 rings (SSSR count). The minimum absolute atomic E-state index is 0. The maximum atomic E-state index is 13.2. The topological polar surface area (TPSA) is 133 Å². The summed E-state index contributed by atoms with van der Waals surface area (Å²) in [6, 6.07) is 27.5. The molecule has 11 nitrogen and oxygen atoms in total. The molecule has 0 unspecified atom stereocenters. The average Bonchev–Trinajstić information content (AvgIpc) is 3.90. The molecule has 4 aliphatic rings. The van der Waals surface area contributed by atoms with Crippen LogP contribution in [0.2, 0.25) is 0 Å². The second kappa shape index (κ2) is 14.5. The maximum absolute atomic E-state index is 13.2. The molecule has 2 aliphatic carbocycles. The third kappa shape index (κ3) is 7.24. The highest BCUT2D eigenvalue weighted by atomic mass is 16.7. The van der Waals surface area contributed by atoms with Crippen molar-refractivity contribution in [3.63, 3.8) is 0 Å². The van der Waals surface area contributed by atoms with Gasteiger partial charge in [0.05, 0.1) is 16.3 Å². The van der Waals surface area contributed by atoms with E-state index < -0.39 is 10.8 Å². The Morgan fingerprint density at radius 1 is 0.600 bits per heavy atom. The van der Waals surface area contributed by atoms with Crippen molar-refractivity contribution in [3.8, 4) is 23.0 Å². The van der Waals surface area contributed by atoms with Crippen molar-refractivity contribution in [2.24, 2.45) is 0 Å². The van der Waals surface area contributed by atoms with Gasteiger partial charge >= 0.3 is 0 Å². The fourth-order valence-corrected chi connectivity index (χ4v) is 8.23. The van der Waals surface area contributed by atoms with Crippen LogP contribution >= 0.6 is 0 Å². The number of carbonyl (C=O) groups excluding carboxylic acids is 3. The third-order valence-electron chi connectivity index (χ3n) is 12.0. The fraction of sp³-hybridized carbons (Fsp3) is 0.367. The predicted octanol–water partition coefficient (Wildman–Crippen LogP) is 10.5. The number of fused-ring (bicyclic) bond motifs is 4. The molecule has 6 aromatic rings. The highest BCUT2D eigenvalue weighted by Crippen LogP contribution is 2.52. The van der Waals surface area contributed by atoms with Gasteiger partial charge in [-0.3, -0.25) is 19.0 Å². The molecule has 60 heavy (non-hydrogen) atoms. The van der Waals surface area contributed by atoms with Crippen LogP contribution in [-0.4, -0.2) is 40.9 Å². The van der Waals surface area contributed by atoms with E-state index in [1.807, 2.05) is 78.9 Å². The van der Waals surface area contributed by atoms with Crippen LogP contribution in [0.25, 0.3) is 21.8 Å². The van der Waals surface area contributed by atoms with Crippen LogP contribution in [0.15, 0.2) is 84.9 Å². The number of nitrogens with one attached hydrogen (secondary N) is 3. The number of hydrogen-bond acceptors (Lipinski definition) is 7. The Morgan fingerprint density at radius 2 is 1.10 bits per heavy atom. The molecular weight excluding hydrogens is 757 g/mol. The van der Waals surface area contributed by atoms with Crippen LogP contribution in [-0.2, 0) is 31.2 Å². The molecule has 11 heteroatoms. The second-order valence-electron chi connectivity index (χ2n) is 18.4. The lowest BCUT2D eigenvalue weighted by atomic mass is 9.92. The van der Waals surface area contributed by atoms with Gasteiger partial charge in [-0.05, 0) is 110 Å². The van der Waals surface area contributed by atoms with Gasteiger partial charge < -0.3 is 34.6 Å². The Bertz CT molecular complexity index is 2680. The molecule has 0 bridgehead atoms. The zero-order chi connectivity index (χ0) is 41.5. The molecule has 0 radical (unpaired) electrons. The first-order valence-corrected chi connectivity index (χ1v) is 20.3. The smallest absolute Gasteiger partial charge is 0.235 e. The summed E-state index contributed by atoms with van der Waals surface area (Å²) in [5.41, 5.74) is 6.46. The number of rotatable bonds is 6. The van der Waals surface area contributed by atoms with Gasteiger partial charge in [-0.2, -0.15) is 0 Å². The van der Waals surface area contributed by atoms with Crippen molar-refractivity contribution in [1.82, 2.24) is 9.55 Å². The molecule has 0 saturated heterocycles. The van der Waals surface area contributed by atoms with Gasteiger partial charge in [0.1, 0.15) is 0 Å². The number of hydrogen-bond donors (Lipinski definition) is 3. The standard InChI is InChI=1S/C25H26N2O4.C23H24N2O3.CH4/c1-15(28)27-19-7-6-18(11-16(19)12-22(27)24(2,3)4)26-23(29)25(9-10-25)17-5-8-20-21(13-17)31-14-30-20;1-22(2,3)20-11-14-10-16(5-6-17(14)25-20)24-21(26)23(8-9-23)15-4-7-18-19(12-15)28-13-27-18;/h5-8,11-13H,9-10,14H2,1-4H3,(H,26,29);4-7,10-12,25H,8-9,13H2,1-3H3,(H,24,26);1H4. The van der Waals surface area contributed by atoms with E-state index in [0.717, 1.165) is 92.9 Å². The summed E-state index contributed by atoms with van der Waals surface area (Å²) in [5.74, 6) is 2.88. The molecule has 0 spiro atoms. The van der Waals surface area contributed by atoms with Crippen molar-refractivity contribution in [1.29, 1.82) is 0 Å². The van der Waals surface area contributed by atoms with E-state index >= 15 is 0 Å². The van der Waals surface area contributed by atoms with E-state index in [1.165, 1.54) is 5.69 Å². The number of amides is 2. The number of nitrogens with zero attached hydrogens (tertiary/aromatic N) is 1. The molecule has 2 aromatic heterocycles. The van der Waals surface area contributed by atoms with Gasteiger partial charge in [-0.15, -0.1) is 0 Å². The Morgan fingerprint density at radius 3 is 1.58 bits per heavy atom. The lowest BCUT2D eigenvalue weighted by molar-refractivity contribution is -0.119. The van der Waals surface area contributed by atoms with Crippen molar-refractivity contribution in [2.45, 2.75) is 103 Å². The van der Waals surface area contributed by atoms with Crippen molar-refractivity contribution in [2.75, 3.05) is 24.2 Å². The molecule has 4 heterocycles. The van der Waals surface area contributed by atoms with Gasteiger partial charge in [0.2, 0.25) is 31.3 Å². The minimum atomic E-state index is -0.530. The Hall–Kier alpha value is -6.23. The molecule has 2 amide bonds. The van der Waals surface area contributed by atoms with Crippen molar-refractivity contribution < 1.29 is 33.3 Å². The summed E-state index contributed by atoms with van der Waals surface area (Å²) < 4.78 is 23.5. The summed E-state index contributed by atoms with van der Waals surface area (Å²) in [6.45, 7) is 14.8. The molecular formula is C49H54N4O7. The van der Waals surface area contributed by atoms with E-state index in [4.69, 9.17) is 18.9 Å². The molecule has 3 N–H and O–H groups in total. The number of aromatic amines is 1. The van der Waals surface area contributed by atoms with Crippen LogP contribution in [0, 0.1) is 0 Å². The van der Waals surface area contributed by atoms with Crippen LogP contribution in [0.3, 0.4) is 0 Å². The van der Waals surface area contributed by atoms with Crippen molar-refractivity contribution in [3.05, 3.63) is 107 Å². The van der Waals surface area contributed by atoms with E-state index in [2.05, 4.69) is 63.2 Å². The third-order valence-corrected chi connectivity index (χ3v) is 12.0. The molecule has 2 fully saturated rings. The van der Waals surface area contributed by atoms with Gasteiger partial charge in [0.15, 0.2) is 23.0 Å². The largest absolute Gasteiger partial charge is 0.454 e. The normalized spacial score (nSPS) is 16.4. The first-order chi connectivity index (χ1) is 28.0. The van der Waals surface area contributed by atoms with E-state index in [-0.39, 0.29) is 49.6 Å². The first kappa shape index (κ1) is 40.5. The molecule has 0 atom stereocenters. The highest BCUT2D eigenvalue weighted by molar-refractivity contribution is 6.04. The van der Waals surface area contributed by atoms with E-state index in [9.17, 15) is 14.4 Å². The second-order valence-corrected chi connectivity index (χ2v) is 18.4. The molecule has 312 valence electrons. The number of benzene rings is 4. The summed E-state index contributed by atoms with van der Waals surface area (Å²) in [4.78, 5) is 42.1. The van der Waals surface area contributed by atoms with Gasteiger partial charge in [0.25, 0.3) is 0 Å². The van der Waals surface area contributed by atoms with E-state index in [1.54, 1.807) is 11.5 Å². The molecule has 4 aromatic carbocycles.